The van der Waals surface area contributed by atoms with Crippen molar-refractivity contribution in [1.29, 1.82) is 0 Å². The lowest BCUT2D eigenvalue weighted by Gasteiger charge is -2.43. The monoisotopic (exact) mass is 298 g/mol. The number of hydrogen-bond donors (Lipinski definition) is 0. The van der Waals surface area contributed by atoms with E-state index in [0.717, 1.165) is 32.1 Å². The van der Waals surface area contributed by atoms with Crippen molar-refractivity contribution in [3.63, 3.8) is 0 Å². The summed E-state index contributed by atoms with van der Waals surface area (Å²) in [6.07, 6.45) is 5.19. The molecular weight excluding hydrogens is 272 g/mol. The van der Waals surface area contributed by atoms with Gasteiger partial charge in [-0.2, -0.15) is 0 Å². The van der Waals surface area contributed by atoms with E-state index < -0.39 is 5.41 Å². The van der Waals surface area contributed by atoms with Crippen LogP contribution in [0.4, 0.5) is 0 Å². The summed E-state index contributed by atoms with van der Waals surface area (Å²) in [6.45, 7) is 6.77. The van der Waals surface area contributed by atoms with Crippen LogP contribution in [0.2, 0.25) is 0 Å². The minimum Gasteiger partial charge on any atom is -0.465 e. The molecule has 2 aliphatic rings. The maximum absolute atomic E-state index is 13.1. The number of ether oxygens (including phenoxy) is 1. The maximum atomic E-state index is 13.1. The second kappa shape index (κ2) is 5.91. The number of benzene rings is 1. The Hall–Kier alpha value is -1.57. The molecule has 0 fully saturated rings. The van der Waals surface area contributed by atoms with Crippen LogP contribution < -0.4 is 0 Å². The van der Waals surface area contributed by atoms with Gasteiger partial charge in [0.05, 0.1) is 12.0 Å². The number of allylic oxidation sites excluding steroid dienone is 2. The van der Waals surface area contributed by atoms with Gasteiger partial charge in [0, 0.05) is 0 Å². The summed E-state index contributed by atoms with van der Waals surface area (Å²) in [7, 11) is 0. The summed E-state index contributed by atoms with van der Waals surface area (Å²) < 4.78 is 5.58. The summed E-state index contributed by atoms with van der Waals surface area (Å²) in [5, 5.41) is 0. The average molecular weight is 298 g/mol. The van der Waals surface area contributed by atoms with Gasteiger partial charge < -0.3 is 4.74 Å². The van der Waals surface area contributed by atoms with E-state index in [2.05, 4.69) is 38.1 Å². The molecule has 0 bridgehead atoms. The second-order valence-corrected chi connectivity index (χ2v) is 6.88. The van der Waals surface area contributed by atoms with Gasteiger partial charge in [0.15, 0.2) is 0 Å². The van der Waals surface area contributed by atoms with E-state index in [9.17, 15) is 4.79 Å². The first-order valence-corrected chi connectivity index (χ1v) is 8.50. The SMILES string of the molecule is CCOC(=O)C12CC(C)=C(C)CC1CCCc1ccccc12. The number of rotatable bonds is 2. The molecule has 0 saturated carbocycles. The van der Waals surface area contributed by atoms with Crippen LogP contribution in [0.3, 0.4) is 0 Å². The van der Waals surface area contributed by atoms with Gasteiger partial charge in [-0.1, -0.05) is 35.4 Å². The molecule has 2 atom stereocenters. The predicted octanol–water partition coefficient (Wildman–Crippen LogP) is 4.57. The predicted molar refractivity (Wildman–Crippen MR) is 88.8 cm³/mol. The van der Waals surface area contributed by atoms with Crippen molar-refractivity contribution >= 4 is 5.97 Å². The van der Waals surface area contributed by atoms with Crippen LogP contribution in [0, 0.1) is 5.92 Å². The number of carbonyl (C=O) groups excluding carboxylic acids is 1. The van der Waals surface area contributed by atoms with E-state index in [1.165, 1.54) is 22.3 Å². The molecule has 0 spiro atoms. The van der Waals surface area contributed by atoms with Crippen molar-refractivity contribution in [2.75, 3.05) is 6.61 Å². The highest BCUT2D eigenvalue weighted by atomic mass is 16.5. The lowest BCUT2D eigenvalue weighted by Crippen LogP contribution is -2.46. The molecule has 1 aromatic rings. The molecule has 3 rings (SSSR count). The lowest BCUT2D eigenvalue weighted by molar-refractivity contribution is -0.153. The van der Waals surface area contributed by atoms with E-state index in [4.69, 9.17) is 4.74 Å². The Bertz CT molecular complexity index is 614. The molecule has 2 unspecified atom stereocenters. The largest absolute Gasteiger partial charge is 0.465 e. The summed E-state index contributed by atoms with van der Waals surface area (Å²) in [4.78, 5) is 13.1. The Labute approximate surface area is 133 Å². The van der Waals surface area contributed by atoms with Crippen LogP contribution in [-0.4, -0.2) is 12.6 Å². The fourth-order valence-electron chi connectivity index (χ4n) is 4.42. The molecule has 2 nitrogen and oxygen atoms in total. The van der Waals surface area contributed by atoms with Crippen LogP contribution in [0.25, 0.3) is 0 Å². The molecule has 2 aliphatic carbocycles. The highest BCUT2D eigenvalue weighted by molar-refractivity contribution is 5.85. The van der Waals surface area contributed by atoms with Crippen LogP contribution in [0.5, 0.6) is 0 Å². The summed E-state index contributed by atoms with van der Waals surface area (Å²) in [5.41, 5.74) is 4.92. The zero-order chi connectivity index (χ0) is 15.7. The fraction of sp³-hybridized carbons (Fsp3) is 0.550. The van der Waals surface area contributed by atoms with Crippen molar-refractivity contribution in [3.05, 3.63) is 46.5 Å². The second-order valence-electron chi connectivity index (χ2n) is 6.88. The van der Waals surface area contributed by atoms with Crippen LogP contribution in [0.1, 0.15) is 57.6 Å². The Morgan fingerprint density at radius 2 is 2.05 bits per heavy atom. The van der Waals surface area contributed by atoms with Crippen molar-refractivity contribution in [2.45, 2.75) is 58.3 Å². The first-order valence-electron chi connectivity index (χ1n) is 8.50. The molecule has 0 radical (unpaired) electrons. The van der Waals surface area contributed by atoms with Crippen LogP contribution in [-0.2, 0) is 21.4 Å². The van der Waals surface area contributed by atoms with E-state index in [1.54, 1.807) is 0 Å². The lowest BCUT2D eigenvalue weighted by atomic mass is 9.60. The van der Waals surface area contributed by atoms with Crippen LogP contribution in [0.15, 0.2) is 35.4 Å². The summed E-state index contributed by atoms with van der Waals surface area (Å²) in [5.74, 6) is 0.361. The van der Waals surface area contributed by atoms with Gasteiger partial charge in [-0.05, 0) is 69.9 Å². The topological polar surface area (TPSA) is 26.3 Å². The van der Waals surface area contributed by atoms with E-state index in [1.807, 2.05) is 6.92 Å². The molecule has 0 amide bonds. The van der Waals surface area contributed by atoms with Crippen molar-refractivity contribution < 1.29 is 9.53 Å². The van der Waals surface area contributed by atoms with Crippen LogP contribution >= 0.6 is 0 Å². The third-order valence-corrected chi connectivity index (χ3v) is 5.66. The third-order valence-electron chi connectivity index (χ3n) is 5.66. The normalized spacial score (nSPS) is 27.7. The third kappa shape index (κ3) is 2.29. The zero-order valence-electron chi connectivity index (χ0n) is 13.9. The Balaban J connectivity index is 2.20. The Morgan fingerprint density at radius 1 is 1.27 bits per heavy atom. The Kier molecular flexibility index (Phi) is 4.12. The Morgan fingerprint density at radius 3 is 2.82 bits per heavy atom. The van der Waals surface area contributed by atoms with Crippen molar-refractivity contribution in [2.24, 2.45) is 5.92 Å². The zero-order valence-corrected chi connectivity index (χ0v) is 13.9. The smallest absolute Gasteiger partial charge is 0.317 e. The standard InChI is InChI=1S/C20H26O2/c1-4-22-19(21)20-13-15(3)14(2)12-17(20)10-7-9-16-8-5-6-11-18(16)20/h5-6,8,11,17H,4,7,9-10,12-13H2,1-3H3. The molecule has 0 heterocycles. The number of fused-ring (bicyclic) bond motifs is 3. The minimum absolute atomic E-state index is 0.0128. The molecule has 0 aromatic heterocycles. The van der Waals surface area contributed by atoms with Gasteiger partial charge in [0.2, 0.25) is 0 Å². The van der Waals surface area contributed by atoms with Gasteiger partial charge in [-0.3, -0.25) is 4.79 Å². The quantitative estimate of drug-likeness (QED) is 0.590. The number of hydrogen-bond acceptors (Lipinski definition) is 2. The number of carbonyl (C=O) groups is 1. The molecule has 1 aromatic carbocycles. The first kappa shape index (κ1) is 15.3. The van der Waals surface area contributed by atoms with E-state index in [0.29, 0.717) is 12.5 Å². The minimum atomic E-state index is -0.466. The average Bonchev–Trinajstić information content (AvgIpc) is 2.66. The number of esters is 1. The summed E-state index contributed by atoms with van der Waals surface area (Å²) >= 11 is 0. The summed E-state index contributed by atoms with van der Waals surface area (Å²) in [6, 6.07) is 8.52. The molecule has 0 N–H and O–H groups in total. The molecule has 0 saturated heterocycles. The van der Waals surface area contributed by atoms with Gasteiger partial charge >= 0.3 is 5.97 Å². The fourth-order valence-corrected chi connectivity index (χ4v) is 4.42. The highest BCUT2D eigenvalue weighted by Gasteiger charge is 2.51. The van der Waals surface area contributed by atoms with Gasteiger partial charge in [0.25, 0.3) is 0 Å². The molecular formula is C20H26O2. The highest BCUT2D eigenvalue weighted by Crippen LogP contribution is 2.51. The van der Waals surface area contributed by atoms with E-state index in [-0.39, 0.29) is 5.97 Å². The first-order chi connectivity index (χ1) is 10.6. The van der Waals surface area contributed by atoms with E-state index >= 15 is 0 Å². The molecule has 118 valence electrons. The van der Waals surface area contributed by atoms with Crippen molar-refractivity contribution in [1.82, 2.24) is 0 Å². The number of aryl methyl sites for hydroxylation is 1. The van der Waals surface area contributed by atoms with Gasteiger partial charge in [-0.25, -0.2) is 0 Å². The van der Waals surface area contributed by atoms with Gasteiger partial charge in [-0.15, -0.1) is 0 Å². The molecule has 22 heavy (non-hydrogen) atoms. The van der Waals surface area contributed by atoms with Gasteiger partial charge in [0.1, 0.15) is 0 Å². The molecule has 0 aliphatic heterocycles. The maximum Gasteiger partial charge on any atom is 0.317 e. The molecule has 2 heteroatoms. The van der Waals surface area contributed by atoms with Crippen molar-refractivity contribution in [3.8, 4) is 0 Å².